The van der Waals surface area contributed by atoms with Crippen molar-refractivity contribution in [3.63, 3.8) is 0 Å². The number of rotatable bonds is 6. The van der Waals surface area contributed by atoms with Crippen LogP contribution < -0.4 is 0 Å². The van der Waals surface area contributed by atoms with Crippen LogP contribution in [0, 0.1) is 5.92 Å². The average Bonchev–Trinajstić information content (AvgIpc) is 3.17. The molecule has 24 heavy (non-hydrogen) atoms. The van der Waals surface area contributed by atoms with Gasteiger partial charge in [0.05, 0.1) is 0 Å². The Morgan fingerprint density at radius 2 is 1.79 bits per heavy atom. The van der Waals surface area contributed by atoms with Gasteiger partial charge >= 0.3 is 12.2 Å². The molecule has 0 saturated carbocycles. The van der Waals surface area contributed by atoms with Crippen LogP contribution in [0.15, 0.2) is 25.3 Å². The van der Waals surface area contributed by atoms with Crippen molar-refractivity contribution < 1.29 is 19.1 Å². The lowest BCUT2D eigenvalue weighted by molar-refractivity contribution is 0.102. The Kier molecular flexibility index (Phi) is 7.02. The predicted molar refractivity (Wildman–Crippen MR) is 95.3 cm³/mol. The molecule has 0 N–H and O–H groups in total. The normalized spacial score (nSPS) is 26.3. The van der Waals surface area contributed by atoms with Crippen LogP contribution in [0.2, 0.25) is 0 Å². The number of likely N-dealkylation sites (tertiary alicyclic amines) is 2. The van der Waals surface area contributed by atoms with E-state index in [1.165, 1.54) is 0 Å². The third-order valence-electron chi connectivity index (χ3n) is 4.43. The van der Waals surface area contributed by atoms with E-state index in [0.29, 0.717) is 25.6 Å². The van der Waals surface area contributed by atoms with Gasteiger partial charge in [0, 0.05) is 30.9 Å². The first kappa shape index (κ1) is 18.7. The molecular weight excluding hydrogens is 328 g/mol. The summed E-state index contributed by atoms with van der Waals surface area (Å²) in [6, 6.07) is 0.110. The quantitative estimate of drug-likeness (QED) is 0.589. The van der Waals surface area contributed by atoms with Gasteiger partial charge in [-0.2, -0.15) is 12.6 Å². The summed E-state index contributed by atoms with van der Waals surface area (Å²) in [6.45, 7) is 9.49. The maximum absolute atomic E-state index is 12.2. The van der Waals surface area contributed by atoms with Gasteiger partial charge in [-0.3, -0.25) is 0 Å². The molecule has 2 aliphatic heterocycles. The highest BCUT2D eigenvalue weighted by molar-refractivity contribution is 7.81. The molecule has 2 saturated heterocycles. The molecule has 134 valence electrons. The Labute approximate surface area is 148 Å². The minimum absolute atomic E-state index is 0.110. The molecule has 2 fully saturated rings. The lowest BCUT2D eigenvalue weighted by Crippen LogP contribution is -2.38. The highest BCUT2D eigenvalue weighted by Crippen LogP contribution is 2.31. The zero-order valence-electron chi connectivity index (χ0n) is 13.9. The zero-order valence-corrected chi connectivity index (χ0v) is 14.8. The first-order valence-electron chi connectivity index (χ1n) is 8.30. The molecule has 2 heterocycles. The summed E-state index contributed by atoms with van der Waals surface area (Å²) in [4.78, 5) is 27.5. The molecule has 6 nitrogen and oxygen atoms in total. The van der Waals surface area contributed by atoms with Gasteiger partial charge < -0.3 is 19.3 Å². The number of thiol groups is 1. The molecule has 0 spiro atoms. The van der Waals surface area contributed by atoms with Crippen LogP contribution in [0.4, 0.5) is 9.59 Å². The smallest absolute Gasteiger partial charge is 0.410 e. The van der Waals surface area contributed by atoms with Crippen molar-refractivity contribution in [2.45, 2.75) is 30.6 Å². The molecule has 1 unspecified atom stereocenters. The summed E-state index contributed by atoms with van der Waals surface area (Å²) in [7, 11) is 0. The summed E-state index contributed by atoms with van der Waals surface area (Å²) in [6.07, 6.45) is 5.14. The van der Waals surface area contributed by atoms with Crippen LogP contribution in [-0.2, 0) is 9.47 Å². The van der Waals surface area contributed by atoms with Crippen LogP contribution in [0.5, 0.6) is 0 Å². The predicted octanol–water partition coefficient (Wildman–Crippen LogP) is 2.72. The first-order chi connectivity index (χ1) is 11.5. The average molecular weight is 354 g/mol. The van der Waals surface area contributed by atoms with E-state index in [4.69, 9.17) is 9.47 Å². The molecule has 0 aliphatic carbocycles. The third kappa shape index (κ3) is 4.93. The zero-order chi connectivity index (χ0) is 17.5. The largest absolute Gasteiger partial charge is 0.445 e. The van der Waals surface area contributed by atoms with Gasteiger partial charge in [-0.15, -0.1) is 0 Å². The maximum atomic E-state index is 12.2. The van der Waals surface area contributed by atoms with Gasteiger partial charge in [0.2, 0.25) is 0 Å². The number of amides is 2. The fraction of sp³-hybridized carbons (Fsp3) is 0.647. The minimum Gasteiger partial charge on any atom is -0.445 e. The molecule has 3 atom stereocenters. The molecular formula is C17H26N2O4S. The number of hydrogen-bond donors (Lipinski definition) is 1. The summed E-state index contributed by atoms with van der Waals surface area (Å²) in [5.74, 6) is 0.361. The minimum atomic E-state index is -0.309. The van der Waals surface area contributed by atoms with E-state index in [2.05, 4.69) is 25.8 Å². The Morgan fingerprint density at radius 3 is 2.46 bits per heavy atom. The van der Waals surface area contributed by atoms with Crippen molar-refractivity contribution in [2.75, 3.05) is 32.8 Å². The van der Waals surface area contributed by atoms with E-state index < -0.39 is 0 Å². The van der Waals surface area contributed by atoms with Crippen LogP contribution in [0.1, 0.15) is 19.3 Å². The van der Waals surface area contributed by atoms with Crippen molar-refractivity contribution in [2.24, 2.45) is 5.92 Å². The number of ether oxygens (including phenoxy) is 2. The Balaban J connectivity index is 1.85. The number of carbonyl (C=O) groups excluding carboxylic acids is 2. The molecule has 2 amide bonds. The van der Waals surface area contributed by atoms with E-state index in [1.54, 1.807) is 22.0 Å². The van der Waals surface area contributed by atoms with E-state index >= 15 is 0 Å². The third-order valence-corrected chi connectivity index (χ3v) is 4.80. The second kappa shape index (κ2) is 9.01. The highest BCUT2D eigenvalue weighted by Gasteiger charge is 2.38. The monoisotopic (exact) mass is 354 g/mol. The van der Waals surface area contributed by atoms with Crippen LogP contribution >= 0.6 is 12.6 Å². The summed E-state index contributed by atoms with van der Waals surface area (Å²) < 4.78 is 10.2. The maximum Gasteiger partial charge on any atom is 0.410 e. The van der Waals surface area contributed by atoms with Gasteiger partial charge in [0.1, 0.15) is 13.2 Å². The van der Waals surface area contributed by atoms with E-state index in [0.717, 1.165) is 19.3 Å². The van der Waals surface area contributed by atoms with Crippen molar-refractivity contribution in [3.05, 3.63) is 25.3 Å². The Bertz CT molecular complexity index is 485. The second-order valence-electron chi connectivity index (χ2n) is 6.26. The van der Waals surface area contributed by atoms with E-state index in [9.17, 15) is 9.59 Å². The van der Waals surface area contributed by atoms with Gasteiger partial charge in [0.15, 0.2) is 0 Å². The summed E-state index contributed by atoms with van der Waals surface area (Å²) in [5.41, 5.74) is 0. The molecule has 0 aromatic rings. The fourth-order valence-corrected chi connectivity index (χ4v) is 3.77. The van der Waals surface area contributed by atoms with Gasteiger partial charge in [-0.1, -0.05) is 25.3 Å². The topological polar surface area (TPSA) is 59.1 Å². The lowest BCUT2D eigenvalue weighted by atomic mass is 9.97. The molecule has 0 aromatic carbocycles. The van der Waals surface area contributed by atoms with Crippen molar-refractivity contribution in [3.8, 4) is 0 Å². The summed E-state index contributed by atoms with van der Waals surface area (Å²) in [5, 5.41) is 0.168. The Morgan fingerprint density at radius 1 is 1.12 bits per heavy atom. The standard InChI is InChI=1S/C17H26N2O4S/c1-3-7-22-16(20)18-6-5-13(11-18)9-14-10-15(24)12-19(14)17(21)23-8-4-2/h3-4,13-15,24H,1-2,5-12H2/t13?,14-,15+/m1/s1. The first-order valence-corrected chi connectivity index (χ1v) is 8.81. The van der Waals surface area contributed by atoms with Crippen LogP contribution in [0.25, 0.3) is 0 Å². The van der Waals surface area contributed by atoms with Crippen LogP contribution in [-0.4, -0.2) is 66.1 Å². The highest BCUT2D eigenvalue weighted by atomic mass is 32.1. The summed E-state index contributed by atoms with van der Waals surface area (Å²) >= 11 is 4.52. The van der Waals surface area contributed by atoms with Crippen molar-refractivity contribution in [1.82, 2.24) is 9.80 Å². The molecule has 0 radical (unpaired) electrons. The fourth-order valence-electron chi connectivity index (χ4n) is 3.35. The molecule has 7 heteroatoms. The van der Waals surface area contributed by atoms with Gasteiger partial charge in [-0.25, -0.2) is 9.59 Å². The number of carbonyl (C=O) groups is 2. The number of nitrogens with zero attached hydrogens (tertiary/aromatic N) is 2. The SMILES string of the molecule is C=CCOC(=O)N1CCC(C[C@@H]2C[C@H](S)CN2C(=O)OCC=C)C1. The molecule has 2 aliphatic rings. The second-order valence-corrected chi connectivity index (χ2v) is 6.99. The van der Waals surface area contributed by atoms with Crippen molar-refractivity contribution in [1.29, 1.82) is 0 Å². The van der Waals surface area contributed by atoms with Crippen LogP contribution in [0.3, 0.4) is 0 Å². The number of hydrogen-bond acceptors (Lipinski definition) is 5. The van der Waals surface area contributed by atoms with Gasteiger partial charge in [-0.05, 0) is 25.2 Å². The Hall–Kier alpha value is -1.63. The van der Waals surface area contributed by atoms with Crippen molar-refractivity contribution >= 4 is 24.8 Å². The van der Waals surface area contributed by atoms with E-state index in [-0.39, 0.29) is 36.7 Å². The molecule has 0 aromatic heterocycles. The van der Waals surface area contributed by atoms with E-state index in [1.807, 2.05) is 0 Å². The molecule has 0 bridgehead atoms. The lowest BCUT2D eigenvalue weighted by Gasteiger charge is -2.26. The molecule has 2 rings (SSSR count). The van der Waals surface area contributed by atoms with Gasteiger partial charge in [0.25, 0.3) is 0 Å².